The van der Waals surface area contributed by atoms with Crippen LogP contribution in [0.25, 0.3) is 0 Å². The number of aliphatic imine (C=N–C) groups is 1. The van der Waals surface area contributed by atoms with Gasteiger partial charge < -0.3 is 4.74 Å². The summed E-state index contributed by atoms with van der Waals surface area (Å²) in [6.45, 7) is 2.65. The molecule has 0 bridgehead atoms. The lowest BCUT2D eigenvalue weighted by molar-refractivity contribution is 0.184. The number of hydrogen-bond acceptors (Lipinski definition) is 3. The lowest BCUT2D eigenvalue weighted by Crippen LogP contribution is -2.00. The van der Waals surface area contributed by atoms with Gasteiger partial charge in [0.15, 0.2) is 0 Å². The van der Waals surface area contributed by atoms with Crippen LogP contribution in [0.2, 0.25) is 0 Å². The van der Waals surface area contributed by atoms with Crippen LogP contribution in [0, 0.1) is 5.92 Å². The standard InChI is InChI=1S/C7H11NOS/c10-6-8-3-1-7-2-4-9-5-7/h7H,1-5H2. The molecule has 1 atom stereocenters. The summed E-state index contributed by atoms with van der Waals surface area (Å²) in [4.78, 5) is 3.84. The minimum Gasteiger partial charge on any atom is -0.381 e. The highest BCUT2D eigenvalue weighted by atomic mass is 32.1. The number of ether oxygens (including phenoxy) is 1. The molecule has 3 heteroatoms. The summed E-state index contributed by atoms with van der Waals surface area (Å²) in [5.74, 6) is 0.715. The Hall–Kier alpha value is -0.240. The van der Waals surface area contributed by atoms with Crippen molar-refractivity contribution in [2.75, 3.05) is 19.8 Å². The van der Waals surface area contributed by atoms with Gasteiger partial charge in [-0.1, -0.05) is 0 Å². The van der Waals surface area contributed by atoms with Crippen LogP contribution in [-0.4, -0.2) is 24.9 Å². The second-order valence-electron chi connectivity index (χ2n) is 2.49. The normalized spacial score (nSPS) is 24.2. The van der Waals surface area contributed by atoms with E-state index in [9.17, 15) is 0 Å². The average Bonchev–Trinajstić information content (AvgIpc) is 2.41. The van der Waals surface area contributed by atoms with Crippen LogP contribution in [0.1, 0.15) is 12.8 Å². The van der Waals surface area contributed by atoms with Gasteiger partial charge in [-0.2, -0.15) is 0 Å². The topological polar surface area (TPSA) is 21.6 Å². The first-order valence-electron chi connectivity index (χ1n) is 3.55. The van der Waals surface area contributed by atoms with Crippen molar-refractivity contribution in [3.05, 3.63) is 0 Å². The van der Waals surface area contributed by atoms with Gasteiger partial charge in [0, 0.05) is 19.8 Å². The number of thiocarbonyl (C=S) groups is 1. The molecule has 0 aromatic carbocycles. The SMILES string of the molecule is S=C=NCCC1CCOC1. The van der Waals surface area contributed by atoms with Crippen LogP contribution in [-0.2, 0) is 4.74 Å². The predicted octanol–water partition coefficient (Wildman–Crippen LogP) is 1.52. The quantitative estimate of drug-likeness (QED) is 0.457. The van der Waals surface area contributed by atoms with E-state index in [1.54, 1.807) is 0 Å². The first-order chi connectivity index (χ1) is 4.93. The van der Waals surface area contributed by atoms with E-state index in [1.165, 1.54) is 6.42 Å². The molecule has 2 nitrogen and oxygen atoms in total. The largest absolute Gasteiger partial charge is 0.381 e. The summed E-state index contributed by atoms with van der Waals surface area (Å²) in [6, 6.07) is 0. The van der Waals surface area contributed by atoms with Crippen LogP contribution in [0.5, 0.6) is 0 Å². The maximum atomic E-state index is 5.20. The highest BCUT2D eigenvalue weighted by Gasteiger charge is 2.14. The summed E-state index contributed by atoms with van der Waals surface area (Å²) in [5, 5.41) is 2.36. The molecule has 1 aliphatic heterocycles. The van der Waals surface area contributed by atoms with Gasteiger partial charge in [0.25, 0.3) is 0 Å². The molecular weight excluding hydrogens is 146 g/mol. The van der Waals surface area contributed by atoms with Crippen LogP contribution in [0.3, 0.4) is 0 Å². The Balaban J connectivity index is 2.06. The third kappa shape index (κ3) is 2.56. The number of rotatable bonds is 3. The molecule has 56 valence electrons. The Labute approximate surface area is 66.3 Å². The minimum absolute atomic E-state index is 0.715. The van der Waals surface area contributed by atoms with Crippen LogP contribution in [0.4, 0.5) is 0 Å². The molecule has 0 N–H and O–H groups in total. The molecule has 1 saturated heterocycles. The number of hydrogen-bond donors (Lipinski definition) is 0. The zero-order chi connectivity index (χ0) is 7.23. The van der Waals surface area contributed by atoms with Crippen molar-refractivity contribution in [2.45, 2.75) is 12.8 Å². The zero-order valence-corrected chi connectivity index (χ0v) is 6.69. The summed E-state index contributed by atoms with van der Waals surface area (Å²) in [7, 11) is 0. The summed E-state index contributed by atoms with van der Waals surface area (Å²) < 4.78 is 5.20. The van der Waals surface area contributed by atoms with E-state index in [4.69, 9.17) is 4.74 Å². The molecule has 1 fully saturated rings. The lowest BCUT2D eigenvalue weighted by atomic mass is 10.1. The van der Waals surface area contributed by atoms with Crippen LogP contribution >= 0.6 is 12.2 Å². The van der Waals surface area contributed by atoms with Crippen molar-refractivity contribution in [1.29, 1.82) is 0 Å². The molecule has 0 amide bonds. The van der Waals surface area contributed by atoms with E-state index < -0.39 is 0 Å². The lowest BCUT2D eigenvalue weighted by Gasteiger charge is -2.01. The number of nitrogens with zero attached hydrogens (tertiary/aromatic N) is 1. The van der Waals surface area contributed by atoms with Crippen LogP contribution in [0.15, 0.2) is 4.99 Å². The van der Waals surface area contributed by atoms with Crippen molar-refractivity contribution >= 4 is 17.4 Å². The molecule has 0 aromatic heterocycles. The van der Waals surface area contributed by atoms with Crippen molar-refractivity contribution in [3.8, 4) is 0 Å². The highest BCUT2D eigenvalue weighted by Crippen LogP contribution is 2.15. The molecule has 0 saturated carbocycles. The van der Waals surface area contributed by atoms with E-state index in [1.807, 2.05) is 0 Å². The highest BCUT2D eigenvalue weighted by molar-refractivity contribution is 7.78. The van der Waals surface area contributed by atoms with E-state index in [0.717, 1.165) is 26.2 Å². The van der Waals surface area contributed by atoms with Crippen molar-refractivity contribution in [3.63, 3.8) is 0 Å². The van der Waals surface area contributed by atoms with Gasteiger partial charge in [-0.15, -0.1) is 0 Å². The molecule has 0 spiro atoms. The summed E-state index contributed by atoms with van der Waals surface area (Å²) >= 11 is 4.44. The third-order valence-corrected chi connectivity index (χ3v) is 1.87. The minimum atomic E-state index is 0.715. The number of isothiocyanates is 1. The van der Waals surface area contributed by atoms with E-state index in [0.29, 0.717) is 5.92 Å². The van der Waals surface area contributed by atoms with E-state index in [-0.39, 0.29) is 0 Å². The van der Waals surface area contributed by atoms with Gasteiger partial charge in [0.1, 0.15) is 0 Å². The van der Waals surface area contributed by atoms with Gasteiger partial charge in [0.05, 0.1) is 5.16 Å². The van der Waals surface area contributed by atoms with Crippen molar-refractivity contribution < 1.29 is 4.74 Å². The smallest absolute Gasteiger partial charge is 0.0584 e. The molecule has 0 aliphatic carbocycles. The molecular formula is C7H11NOS. The Morgan fingerprint density at radius 2 is 2.60 bits per heavy atom. The van der Waals surface area contributed by atoms with Gasteiger partial charge in [-0.05, 0) is 31.0 Å². The van der Waals surface area contributed by atoms with Crippen molar-refractivity contribution in [1.82, 2.24) is 0 Å². The van der Waals surface area contributed by atoms with E-state index >= 15 is 0 Å². The second-order valence-corrected chi connectivity index (χ2v) is 2.67. The summed E-state index contributed by atoms with van der Waals surface area (Å²) in [5.41, 5.74) is 0. The molecule has 10 heavy (non-hydrogen) atoms. The first kappa shape index (κ1) is 7.86. The van der Waals surface area contributed by atoms with E-state index in [2.05, 4.69) is 22.4 Å². The fourth-order valence-corrected chi connectivity index (χ4v) is 1.20. The second kappa shape index (κ2) is 4.56. The fraction of sp³-hybridized carbons (Fsp3) is 0.857. The Bertz CT molecular complexity index is 137. The monoisotopic (exact) mass is 157 g/mol. The molecule has 1 unspecified atom stereocenters. The maximum Gasteiger partial charge on any atom is 0.0584 e. The van der Waals surface area contributed by atoms with Gasteiger partial charge in [0.2, 0.25) is 0 Å². The predicted molar refractivity (Wildman–Crippen MR) is 43.4 cm³/mol. The maximum absolute atomic E-state index is 5.20. The van der Waals surface area contributed by atoms with Gasteiger partial charge >= 0.3 is 0 Å². The molecule has 1 heterocycles. The first-order valence-corrected chi connectivity index (χ1v) is 3.95. The Morgan fingerprint density at radius 3 is 3.20 bits per heavy atom. The van der Waals surface area contributed by atoms with Gasteiger partial charge in [-0.25, -0.2) is 4.99 Å². The molecule has 1 aliphatic rings. The Morgan fingerprint density at radius 1 is 1.70 bits per heavy atom. The average molecular weight is 157 g/mol. The zero-order valence-electron chi connectivity index (χ0n) is 5.88. The molecule has 1 rings (SSSR count). The van der Waals surface area contributed by atoms with Crippen LogP contribution < -0.4 is 0 Å². The fourth-order valence-electron chi connectivity index (χ4n) is 1.10. The van der Waals surface area contributed by atoms with Crippen molar-refractivity contribution in [2.24, 2.45) is 10.9 Å². The summed E-state index contributed by atoms with van der Waals surface area (Å²) in [6.07, 6.45) is 2.29. The molecule has 0 radical (unpaired) electrons. The third-order valence-electron chi connectivity index (χ3n) is 1.74. The Kier molecular flexibility index (Phi) is 3.58. The van der Waals surface area contributed by atoms with Gasteiger partial charge in [-0.3, -0.25) is 0 Å². The molecule has 0 aromatic rings.